The molecular weight excluding hydrogens is 262 g/mol. The molecule has 0 aromatic heterocycles. The van der Waals surface area contributed by atoms with Gasteiger partial charge in [-0.1, -0.05) is 13.3 Å². The lowest BCUT2D eigenvalue weighted by molar-refractivity contribution is -0.384. The Hall–Kier alpha value is -2.15. The molecule has 3 N–H and O–H groups in total. The molecule has 0 atom stereocenters. The van der Waals surface area contributed by atoms with Gasteiger partial charge in [-0.05, 0) is 12.5 Å². The van der Waals surface area contributed by atoms with Gasteiger partial charge in [-0.25, -0.2) is 0 Å². The molecule has 7 heteroatoms. The average molecular weight is 281 g/mol. The molecule has 110 valence electrons. The first-order valence-electron chi connectivity index (χ1n) is 6.46. The van der Waals surface area contributed by atoms with Crippen LogP contribution in [0.25, 0.3) is 0 Å². The van der Waals surface area contributed by atoms with Gasteiger partial charge < -0.3 is 15.8 Å². The first kappa shape index (κ1) is 15.9. The lowest BCUT2D eigenvalue weighted by Crippen LogP contribution is -2.28. The van der Waals surface area contributed by atoms with Crippen LogP contribution >= 0.6 is 0 Å². The molecule has 0 unspecified atom stereocenters. The van der Waals surface area contributed by atoms with Crippen molar-refractivity contribution in [3.05, 3.63) is 33.9 Å². The number of hydrogen-bond acceptors (Lipinski definition) is 5. The third-order valence-electron chi connectivity index (χ3n) is 2.67. The second-order valence-electron chi connectivity index (χ2n) is 4.25. The number of nitro benzene ring substituents is 1. The molecule has 0 heterocycles. The standard InChI is InChI=1S/C13H19N3O4/c1-2-3-7-20-8-6-15-13(17)11-9-10(16(18)19)4-5-12(11)14/h4-5,9H,2-3,6-8,14H2,1H3,(H,15,17). The van der Waals surface area contributed by atoms with Crippen molar-refractivity contribution < 1.29 is 14.5 Å². The highest BCUT2D eigenvalue weighted by atomic mass is 16.6. The number of ether oxygens (including phenoxy) is 1. The molecule has 0 bridgehead atoms. The van der Waals surface area contributed by atoms with Gasteiger partial charge in [0.15, 0.2) is 0 Å². The molecule has 0 aliphatic heterocycles. The predicted octanol–water partition coefficient (Wildman–Crippen LogP) is 1.72. The SMILES string of the molecule is CCCCOCCNC(=O)c1cc([N+](=O)[O-])ccc1N. The predicted molar refractivity (Wildman–Crippen MR) is 75.6 cm³/mol. The zero-order valence-corrected chi connectivity index (χ0v) is 11.4. The van der Waals surface area contributed by atoms with Crippen molar-refractivity contribution in [1.29, 1.82) is 0 Å². The van der Waals surface area contributed by atoms with Crippen molar-refractivity contribution in [2.75, 3.05) is 25.5 Å². The Balaban J connectivity index is 2.50. The molecule has 0 saturated carbocycles. The Kier molecular flexibility index (Phi) is 6.45. The van der Waals surface area contributed by atoms with E-state index in [2.05, 4.69) is 12.2 Å². The van der Waals surface area contributed by atoms with Gasteiger partial charge in [0.05, 0.1) is 17.1 Å². The molecule has 0 fully saturated rings. The molecule has 0 aliphatic rings. The Morgan fingerprint density at radius 2 is 2.20 bits per heavy atom. The van der Waals surface area contributed by atoms with E-state index in [-0.39, 0.29) is 16.9 Å². The van der Waals surface area contributed by atoms with Crippen LogP contribution in [0.15, 0.2) is 18.2 Å². The maximum absolute atomic E-state index is 11.9. The summed E-state index contributed by atoms with van der Waals surface area (Å²) >= 11 is 0. The highest BCUT2D eigenvalue weighted by molar-refractivity contribution is 5.99. The van der Waals surface area contributed by atoms with E-state index in [4.69, 9.17) is 10.5 Å². The fraction of sp³-hybridized carbons (Fsp3) is 0.462. The molecule has 0 radical (unpaired) electrons. The molecule has 7 nitrogen and oxygen atoms in total. The highest BCUT2D eigenvalue weighted by Gasteiger charge is 2.14. The van der Waals surface area contributed by atoms with Crippen LogP contribution in [0, 0.1) is 10.1 Å². The van der Waals surface area contributed by atoms with Crippen molar-refractivity contribution >= 4 is 17.3 Å². The summed E-state index contributed by atoms with van der Waals surface area (Å²) in [6.07, 6.45) is 2.03. The first-order valence-corrected chi connectivity index (χ1v) is 6.46. The number of hydrogen-bond donors (Lipinski definition) is 2. The molecule has 0 aliphatic carbocycles. The number of nitrogen functional groups attached to an aromatic ring is 1. The zero-order chi connectivity index (χ0) is 15.0. The number of unbranched alkanes of at least 4 members (excludes halogenated alkanes) is 1. The fourth-order valence-electron chi connectivity index (χ4n) is 1.53. The molecule has 1 rings (SSSR count). The topological polar surface area (TPSA) is 107 Å². The third kappa shape index (κ3) is 4.85. The molecule has 1 amide bonds. The summed E-state index contributed by atoms with van der Waals surface area (Å²) in [5.41, 5.74) is 5.80. The summed E-state index contributed by atoms with van der Waals surface area (Å²) < 4.78 is 5.30. The van der Waals surface area contributed by atoms with Crippen LogP contribution in [0.4, 0.5) is 11.4 Å². The maximum atomic E-state index is 11.9. The minimum Gasteiger partial charge on any atom is -0.398 e. The molecule has 1 aromatic carbocycles. The van der Waals surface area contributed by atoms with Gasteiger partial charge in [-0.15, -0.1) is 0 Å². The third-order valence-corrected chi connectivity index (χ3v) is 2.67. The number of nitrogens with two attached hydrogens (primary N) is 1. The van der Waals surface area contributed by atoms with Gasteiger partial charge in [0, 0.05) is 31.0 Å². The van der Waals surface area contributed by atoms with Gasteiger partial charge in [0.1, 0.15) is 0 Å². The Morgan fingerprint density at radius 1 is 1.45 bits per heavy atom. The van der Waals surface area contributed by atoms with E-state index < -0.39 is 10.8 Å². The van der Waals surface area contributed by atoms with Crippen molar-refractivity contribution in [3.8, 4) is 0 Å². The van der Waals surface area contributed by atoms with E-state index in [1.807, 2.05) is 0 Å². The van der Waals surface area contributed by atoms with E-state index >= 15 is 0 Å². The number of amides is 1. The smallest absolute Gasteiger partial charge is 0.270 e. The van der Waals surface area contributed by atoms with Gasteiger partial charge in [-0.2, -0.15) is 0 Å². The van der Waals surface area contributed by atoms with Gasteiger partial charge in [-0.3, -0.25) is 14.9 Å². The van der Waals surface area contributed by atoms with E-state index in [0.29, 0.717) is 19.8 Å². The van der Waals surface area contributed by atoms with Crippen molar-refractivity contribution in [2.45, 2.75) is 19.8 Å². The van der Waals surface area contributed by atoms with Crippen molar-refractivity contribution in [3.63, 3.8) is 0 Å². The van der Waals surface area contributed by atoms with Crippen LogP contribution in [-0.2, 0) is 4.74 Å². The monoisotopic (exact) mass is 281 g/mol. The number of nitrogens with zero attached hydrogens (tertiary/aromatic N) is 1. The lowest BCUT2D eigenvalue weighted by Gasteiger charge is -2.08. The normalized spacial score (nSPS) is 10.2. The second-order valence-corrected chi connectivity index (χ2v) is 4.25. The molecule has 20 heavy (non-hydrogen) atoms. The van der Waals surface area contributed by atoms with Crippen LogP contribution < -0.4 is 11.1 Å². The highest BCUT2D eigenvalue weighted by Crippen LogP contribution is 2.19. The zero-order valence-electron chi connectivity index (χ0n) is 11.4. The molecule has 1 aromatic rings. The summed E-state index contributed by atoms with van der Waals surface area (Å²) in [5, 5.41) is 13.3. The number of rotatable bonds is 8. The van der Waals surface area contributed by atoms with Gasteiger partial charge in [0.25, 0.3) is 11.6 Å². The van der Waals surface area contributed by atoms with Crippen molar-refractivity contribution in [1.82, 2.24) is 5.32 Å². The Morgan fingerprint density at radius 3 is 2.85 bits per heavy atom. The Labute approximate surface area is 117 Å². The lowest BCUT2D eigenvalue weighted by atomic mass is 10.1. The average Bonchev–Trinajstić information content (AvgIpc) is 2.42. The first-order chi connectivity index (χ1) is 9.56. The summed E-state index contributed by atoms with van der Waals surface area (Å²) in [5.74, 6) is -0.440. The molecule has 0 spiro atoms. The minimum atomic E-state index is -0.565. The van der Waals surface area contributed by atoms with Crippen LogP contribution in [0.2, 0.25) is 0 Å². The van der Waals surface area contributed by atoms with Crippen LogP contribution in [0.5, 0.6) is 0 Å². The summed E-state index contributed by atoms with van der Waals surface area (Å²) in [4.78, 5) is 22.0. The maximum Gasteiger partial charge on any atom is 0.270 e. The number of carbonyl (C=O) groups excluding carboxylic acids is 1. The Bertz CT molecular complexity index is 477. The molecular formula is C13H19N3O4. The summed E-state index contributed by atoms with van der Waals surface area (Å²) in [6, 6.07) is 3.79. The quantitative estimate of drug-likeness (QED) is 0.326. The summed E-state index contributed by atoms with van der Waals surface area (Å²) in [6.45, 7) is 3.47. The van der Waals surface area contributed by atoms with E-state index in [1.165, 1.54) is 18.2 Å². The fourth-order valence-corrected chi connectivity index (χ4v) is 1.53. The van der Waals surface area contributed by atoms with Crippen LogP contribution in [-0.4, -0.2) is 30.6 Å². The molecule has 0 saturated heterocycles. The van der Waals surface area contributed by atoms with Crippen molar-refractivity contribution in [2.24, 2.45) is 0 Å². The number of nitrogens with one attached hydrogen (secondary N) is 1. The van der Waals surface area contributed by atoms with Gasteiger partial charge >= 0.3 is 0 Å². The number of nitro groups is 1. The van der Waals surface area contributed by atoms with E-state index in [9.17, 15) is 14.9 Å². The van der Waals surface area contributed by atoms with Gasteiger partial charge in [0.2, 0.25) is 0 Å². The van der Waals surface area contributed by atoms with E-state index in [1.54, 1.807) is 0 Å². The second kappa shape index (κ2) is 8.11. The number of non-ortho nitro benzene ring substituents is 1. The van der Waals surface area contributed by atoms with Crippen LogP contribution in [0.3, 0.4) is 0 Å². The number of anilines is 1. The van der Waals surface area contributed by atoms with Crippen LogP contribution in [0.1, 0.15) is 30.1 Å². The summed E-state index contributed by atoms with van der Waals surface area (Å²) in [7, 11) is 0. The number of carbonyl (C=O) groups is 1. The largest absolute Gasteiger partial charge is 0.398 e. The van der Waals surface area contributed by atoms with E-state index in [0.717, 1.165) is 12.8 Å². The number of benzene rings is 1. The minimum absolute atomic E-state index is 0.104.